The van der Waals surface area contributed by atoms with Crippen LogP contribution in [0.1, 0.15) is 52.3 Å². The molecule has 0 amide bonds. The number of hydrogen-bond acceptors (Lipinski definition) is 7. The van der Waals surface area contributed by atoms with Gasteiger partial charge in [-0.3, -0.25) is 4.79 Å². The van der Waals surface area contributed by atoms with Crippen molar-refractivity contribution in [2.45, 2.75) is 44.3 Å². The van der Waals surface area contributed by atoms with Crippen LogP contribution < -0.4 is 4.90 Å². The number of halogens is 3. The number of carbonyl (C=O) groups is 2. The number of carboxylic acids is 1. The van der Waals surface area contributed by atoms with E-state index in [2.05, 4.69) is 16.0 Å². The molecule has 0 radical (unpaired) electrons. The molecule has 0 spiro atoms. The third-order valence-corrected chi connectivity index (χ3v) is 7.02. The maximum absolute atomic E-state index is 13.6. The zero-order valence-corrected chi connectivity index (χ0v) is 19.8. The molecule has 1 atom stereocenters. The van der Waals surface area contributed by atoms with Crippen molar-refractivity contribution < 1.29 is 27.9 Å². The number of ketones is 1. The number of aromatic nitrogens is 2. The first-order valence-electron chi connectivity index (χ1n) is 11.2. The number of hydrogen-bond donors (Lipinski definition) is 1. The van der Waals surface area contributed by atoms with Crippen molar-refractivity contribution in [3.63, 3.8) is 0 Å². The van der Waals surface area contributed by atoms with Gasteiger partial charge in [0, 0.05) is 19.0 Å². The van der Waals surface area contributed by atoms with Crippen LogP contribution in [0.2, 0.25) is 0 Å². The summed E-state index contributed by atoms with van der Waals surface area (Å²) < 4.78 is 40.8. The smallest absolute Gasteiger partial charge is 0.451 e. The molecule has 1 aromatic carbocycles. The monoisotopic (exact) mass is 514 g/mol. The number of aromatic carboxylic acids is 1. The summed E-state index contributed by atoms with van der Waals surface area (Å²) >= 11 is 0.823. The SMILES string of the molecule is N#Cc1ccc(CCCC(=O)[C@@H]2CCCN2c2cc(-c3ccc(C(=O)O)s3)nc(C(F)(F)F)n2)cc1. The van der Waals surface area contributed by atoms with E-state index >= 15 is 0 Å². The minimum absolute atomic E-state index is 0.000502. The van der Waals surface area contributed by atoms with E-state index in [9.17, 15) is 22.8 Å². The molecule has 186 valence electrons. The lowest BCUT2D eigenvalue weighted by Crippen LogP contribution is -2.37. The van der Waals surface area contributed by atoms with Crippen LogP contribution in [0.5, 0.6) is 0 Å². The first-order valence-corrected chi connectivity index (χ1v) is 12.1. The Labute approximate surface area is 208 Å². The Kier molecular flexibility index (Phi) is 7.35. The molecule has 11 heteroatoms. The van der Waals surface area contributed by atoms with Gasteiger partial charge >= 0.3 is 12.1 Å². The van der Waals surface area contributed by atoms with E-state index in [1.54, 1.807) is 17.0 Å². The fraction of sp³-hybridized carbons (Fsp3) is 0.320. The normalized spacial score (nSPS) is 15.6. The molecule has 0 saturated carbocycles. The highest BCUT2D eigenvalue weighted by Gasteiger charge is 2.38. The van der Waals surface area contributed by atoms with E-state index < -0.39 is 24.0 Å². The summed E-state index contributed by atoms with van der Waals surface area (Å²) in [6, 6.07) is 12.7. The van der Waals surface area contributed by atoms with E-state index in [1.807, 2.05) is 12.1 Å². The lowest BCUT2D eigenvalue weighted by atomic mass is 10.0. The average molecular weight is 515 g/mol. The van der Waals surface area contributed by atoms with Gasteiger partial charge in [0.25, 0.3) is 0 Å². The summed E-state index contributed by atoms with van der Waals surface area (Å²) in [4.78, 5) is 33.4. The fourth-order valence-electron chi connectivity index (χ4n) is 4.18. The Hall–Kier alpha value is -3.78. The van der Waals surface area contributed by atoms with Crippen LogP contribution in [0.15, 0.2) is 42.5 Å². The van der Waals surface area contributed by atoms with Gasteiger partial charge < -0.3 is 10.0 Å². The lowest BCUT2D eigenvalue weighted by molar-refractivity contribution is -0.144. The third-order valence-electron chi connectivity index (χ3n) is 5.93. The minimum atomic E-state index is -4.81. The van der Waals surface area contributed by atoms with Gasteiger partial charge in [-0.2, -0.15) is 18.4 Å². The number of carbonyl (C=O) groups excluding carboxylic acids is 1. The van der Waals surface area contributed by atoms with Crippen LogP contribution in [0, 0.1) is 11.3 Å². The molecule has 1 N–H and O–H groups in total. The summed E-state index contributed by atoms with van der Waals surface area (Å²) in [6.07, 6.45) is -2.18. The quantitative estimate of drug-likeness (QED) is 0.432. The molecule has 0 aliphatic carbocycles. The van der Waals surface area contributed by atoms with Crippen molar-refractivity contribution in [1.29, 1.82) is 5.26 Å². The molecule has 4 rings (SSSR count). The number of Topliss-reactive ketones (excluding diaryl/α,β-unsaturated/α-hetero) is 1. The van der Waals surface area contributed by atoms with Crippen molar-refractivity contribution >= 4 is 28.9 Å². The van der Waals surface area contributed by atoms with Gasteiger partial charge in [0.1, 0.15) is 10.7 Å². The number of rotatable bonds is 8. The van der Waals surface area contributed by atoms with Crippen molar-refractivity contribution in [1.82, 2.24) is 9.97 Å². The number of nitriles is 1. The minimum Gasteiger partial charge on any atom is -0.477 e. The van der Waals surface area contributed by atoms with Crippen molar-refractivity contribution in [2.24, 2.45) is 0 Å². The highest BCUT2D eigenvalue weighted by molar-refractivity contribution is 7.17. The van der Waals surface area contributed by atoms with E-state index in [0.717, 1.165) is 16.9 Å². The molecule has 7 nitrogen and oxygen atoms in total. The highest BCUT2D eigenvalue weighted by atomic mass is 32.1. The van der Waals surface area contributed by atoms with E-state index in [0.29, 0.717) is 37.8 Å². The molecule has 1 fully saturated rings. The molecule has 3 heterocycles. The topological polar surface area (TPSA) is 107 Å². The molecule has 3 aromatic rings. The van der Waals surface area contributed by atoms with Gasteiger partial charge in [-0.15, -0.1) is 11.3 Å². The number of benzene rings is 1. The first kappa shape index (κ1) is 25.3. The van der Waals surface area contributed by atoms with Crippen molar-refractivity contribution in [2.75, 3.05) is 11.4 Å². The van der Waals surface area contributed by atoms with Crippen molar-refractivity contribution in [3.8, 4) is 16.6 Å². The van der Waals surface area contributed by atoms with Crippen LogP contribution in [0.3, 0.4) is 0 Å². The molecule has 0 bridgehead atoms. The van der Waals surface area contributed by atoms with Gasteiger partial charge in [0.2, 0.25) is 5.82 Å². The maximum Gasteiger partial charge on any atom is 0.451 e. The summed E-state index contributed by atoms with van der Waals surface area (Å²) in [6.45, 7) is 0.380. The number of carboxylic acid groups (broad SMARTS) is 1. The molecule has 36 heavy (non-hydrogen) atoms. The van der Waals surface area contributed by atoms with Gasteiger partial charge in [-0.1, -0.05) is 12.1 Å². The zero-order chi connectivity index (χ0) is 25.9. The largest absolute Gasteiger partial charge is 0.477 e. The Morgan fingerprint density at radius 3 is 2.56 bits per heavy atom. The van der Waals surface area contributed by atoms with Crippen LogP contribution in [0.25, 0.3) is 10.6 Å². The predicted molar refractivity (Wildman–Crippen MR) is 127 cm³/mol. The average Bonchev–Trinajstić information content (AvgIpc) is 3.54. The van der Waals surface area contributed by atoms with Gasteiger partial charge in [-0.05, 0) is 55.5 Å². The third kappa shape index (κ3) is 5.71. The maximum atomic E-state index is 13.6. The number of anilines is 1. The number of aryl methyl sites for hydroxylation is 1. The Morgan fingerprint density at radius 2 is 1.92 bits per heavy atom. The summed E-state index contributed by atoms with van der Waals surface area (Å²) in [5, 5.41) is 18.0. The van der Waals surface area contributed by atoms with Crippen LogP contribution in [0.4, 0.5) is 19.0 Å². The highest BCUT2D eigenvalue weighted by Crippen LogP contribution is 2.35. The second-order valence-electron chi connectivity index (χ2n) is 8.38. The van der Waals surface area contributed by atoms with Gasteiger partial charge in [-0.25, -0.2) is 14.8 Å². The molecule has 1 saturated heterocycles. The Bertz CT molecular complexity index is 1320. The van der Waals surface area contributed by atoms with Crippen molar-refractivity contribution in [3.05, 3.63) is 64.3 Å². The predicted octanol–water partition coefficient (Wildman–Crippen LogP) is 5.35. The molecular formula is C25H21F3N4O3S. The van der Waals surface area contributed by atoms with E-state index in [-0.39, 0.29) is 33.5 Å². The molecular weight excluding hydrogens is 493 g/mol. The zero-order valence-electron chi connectivity index (χ0n) is 19.0. The van der Waals surface area contributed by atoms with E-state index in [1.165, 1.54) is 18.2 Å². The number of alkyl halides is 3. The molecule has 0 unspecified atom stereocenters. The summed E-state index contributed by atoms with van der Waals surface area (Å²) in [5.41, 5.74) is 1.52. The molecule has 1 aliphatic rings. The van der Waals surface area contributed by atoms with E-state index in [4.69, 9.17) is 10.4 Å². The number of nitrogens with zero attached hydrogens (tertiary/aromatic N) is 4. The standard InChI is InChI=1S/C25H21F3N4O3S/c26-25(27,28)24-30-17(20-10-11-21(36-20)23(34)35)13-22(31-24)32-12-2-4-18(32)19(33)5-1-3-15-6-8-16(14-29)9-7-15/h6-11,13,18H,1-5,12H2,(H,34,35)/t18-/m0/s1. The van der Waals surface area contributed by atoms with Crippen LogP contribution in [-0.4, -0.2) is 39.4 Å². The second kappa shape index (κ2) is 10.5. The molecule has 1 aliphatic heterocycles. The fourth-order valence-corrected chi connectivity index (χ4v) is 4.99. The molecule has 2 aromatic heterocycles. The van der Waals surface area contributed by atoms with Gasteiger partial charge in [0.05, 0.1) is 28.2 Å². The van der Waals surface area contributed by atoms with Crippen LogP contribution in [-0.2, 0) is 17.4 Å². The second-order valence-corrected chi connectivity index (χ2v) is 9.47. The first-order chi connectivity index (χ1) is 17.2. The van der Waals surface area contributed by atoms with Gasteiger partial charge in [0.15, 0.2) is 5.78 Å². The Morgan fingerprint density at radius 1 is 1.17 bits per heavy atom. The summed E-state index contributed by atoms with van der Waals surface area (Å²) in [5.74, 6) is -2.58. The lowest BCUT2D eigenvalue weighted by Gasteiger charge is -2.25. The van der Waals surface area contributed by atoms with Crippen LogP contribution >= 0.6 is 11.3 Å². The summed E-state index contributed by atoms with van der Waals surface area (Å²) in [7, 11) is 0. The Balaban J connectivity index is 1.53. The number of thiophene rings is 1.